The van der Waals surface area contributed by atoms with Crippen LogP contribution in [0.25, 0.3) is 0 Å². The Kier molecular flexibility index (Phi) is 4.34. The lowest BCUT2D eigenvalue weighted by molar-refractivity contribution is -0.141. The van der Waals surface area contributed by atoms with E-state index in [1.807, 2.05) is 0 Å². The van der Waals surface area contributed by atoms with Crippen molar-refractivity contribution in [1.29, 1.82) is 0 Å². The third-order valence-corrected chi connectivity index (χ3v) is 3.44. The number of hydrogen-bond acceptors (Lipinski definition) is 3. The highest BCUT2D eigenvalue weighted by Gasteiger charge is 2.39. The van der Waals surface area contributed by atoms with Crippen LogP contribution in [-0.4, -0.2) is 46.4 Å². The Morgan fingerprint density at radius 1 is 1.40 bits per heavy atom. The predicted octanol–water partition coefficient (Wildman–Crippen LogP) is 2.17. The maximum Gasteiger partial charge on any atom is 0.408 e. The predicted molar refractivity (Wildman–Crippen MR) is 71.2 cm³/mol. The van der Waals surface area contributed by atoms with Crippen LogP contribution < -0.4 is 4.74 Å². The molecule has 20 heavy (non-hydrogen) atoms. The molecule has 1 heterocycles. The molecule has 1 aliphatic heterocycles. The van der Waals surface area contributed by atoms with Gasteiger partial charge in [-0.1, -0.05) is 17.7 Å². The van der Waals surface area contributed by atoms with Gasteiger partial charge in [-0.05, 0) is 24.6 Å². The van der Waals surface area contributed by atoms with Crippen LogP contribution in [-0.2, 0) is 4.79 Å². The highest BCUT2D eigenvalue weighted by molar-refractivity contribution is 6.30. The first-order valence-corrected chi connectivity index (χ1v) is 6.46. The summed E-state index contributed by atoms with van der Waals surface area (Å²) in [6.07, 6.45) is -0.968. The summed E-state index contributed by atoms with van der Waals surface area (Å²) in [7, 11) is 0. The molecule has 7 heteroatoms. The summed E-state index contributed by atoms with van der Waals surface area (Å²) in [5.41, 5.74) is 0. The monoisotopic (exact) mass is 299 g/mol. The SMILES string of the molecule is O=C(O)C1CC(COc2cccc(Cl)c2)CN1C(=O)O. The number of aliphatic carboxylic acids is 1. The molecule has 0 saturated carbocycles. The fraction of sp³-hybridized carbons (Fsp3) is 0.385. The van der Waals surface area contributed by atoms with Gasteiger partial charge in [0.15, 0.2) is 0 Å². The fourth-order valence-electron chi connectivity index (χ4n) is 2.26. The van der Waals surface area contributed by atoms with Crippen molar-refractivity contribution in [3.05, 3.63) is 29.3 Å². The van der Waals surface area contributed by atoms with Gasteiger partial charge in [0.2, 0.25) is 0 Å². The normalized spacial score (nSPS) is 21.8. The van der Waals surface area contributed by atoms with E-state index in [4.69, 9.17) is 26.6 Å². The lowest BCUT2D eigenvalue weighted by atomic mass is 10.1. The van der Waals surface area contributed by atoms with E-state index >= 15 is 0 Å². The van der Waals surface area contributed by atoms with Crippen LogP contribution in [0.1, 0.15) is 6.42 Å². The Bertz CT molecular complexity index is 499. The molecule has 1 fully saturated rings. The molecule has 1 aliphatic rings. The molecule has 0 aliphatic carbocycles. The Morgan fingerprint density at radius 2 is 2.15 bits per heavy atom. The first-order chi connectivity index (χ1) is 9.47. The van der Waals surface area contributed by atoms with Crippen molar-refractivity contribution >= 4 is 23.7 Å². The molecule has 0 spiro atoms. The van der Waals surface area contributed by atoms with E-state index in [-0.39, 0.29) is 25.5 Å². The van der Waals surface area contributed by atoms with Crippen LogP contribution >= 0.6 is 11.6 Å². The number of benzene rings is 1. The summed E-state index contributed by atoms with van der Waals surface area (Å²) in [6, 6.07) is 5.86. The van der Waals surface area contributed by atoms with Crippen molar-refractivity contribution in [2.24, 2.45) is 5.92 Å². The average molecular weight is 300 g/mol. The number of carbonyl (C=O) groups is 2. The lowest BCUT2D eigenvalue weighted by Gasteiger charge is -2.16. The number of carboxylic acid groups (broad SMARTS) is 2. The van der Waals surface area contributed by atoms with Crippen LogP contribution in [0.4, 0.5) is 4.79 Å². The molecule has 108 valence electrons. The standard InChI is InChI=1S/C13H14ClNO5/c14-9-2-1-3-10(5-9)20-7-8-4-11(12(16)17)15(6-8)13(18)19/h1-3,5,8,11H,4,6-7H2,(H,16,17)(H,18,19). The largest absolute Gasteiger partial charge is 0.493 e. The molecule has 1 amide bonds. The van der Waals surface area contributed by atoms with Gasteiger partial charge in [-0.25, -0.2) is 9.59 Å². The molecule has 1 aromatic carbocycles. The summed E-state index contributed by atoms with van der Waals surface area (Å²) < 4.78 is 5.53. The molecule has 6 nitrogen and oxygen atoms in total. The van der Waals surface area contributed by atoms with Gasteiger partial charge in [-0.3, -0.25) is 4.90 Å². The lowest BCUT2D eigenvalue weighted by Crippen LogP contribution is -2.39. The number of hydrogen-bond donors (Lipinski definition) is 2. The summed E-state index contributed by atoms with van der Waals surface area (Å²) in [5, 5.41) is 18.5. The van der Waals surface area contributed by atoms with Crippen LogP contribution in [0.5, 0.6) is 5.75 Å². The number of ether oxygens (including phenoxy) is 1. The third kappa shape index (κ3) is 3.33. The van der Waals surface area contributed by atoms with E-state index < -0.39 is 18.1 Å². The molecule has 2 unspecified atom stereocenters. The van der Waals surface area contributed by atoms with Gasteiger partial charge in [0.05, 0.1) is 6.61 Å². The Labute approximate surface area is 120 Å². The highest BCUT2D eigenvalue weighted by Crippen LogP contribution is 2.25. The van der Waals surface area contributed by atoms with E-state index in [1.165, 1.54) is 0 Å². The molecule has 1 aromatic rings. The quantitative estimate of drug-likeness (QED) is 0.889. The fourth-order valence-corrected chi connectivity index (χ4v) is 2.44. The first-order valence-electron chi connectivity index (χ1n) is 6.08. The minimum atomic E-state index is -1.22. The maximum atomic E-state index is 11.0. The number of carboxylic acids is 1. The van der Waals surface area contributed by atoms with Crippen molar-refractivity contribution in [1.82, 2.24) is 4.90 Å². The first kappa shape index (κ1) is 14.5. The number of likely N-dealkylation sites (tertiary alicyclic amines) is 1. The maximum absolute atomic E-state index is 11.0. The molecule has 2 rings (SSSR count). The van der Waals surface area contributed by atoms with Crippen LogP contribution in [0, 0.1) is 5.92 Å². The summed E-state index contributed by atoms with van der Waals surface area (Å²) in [4.78, 5) is 22.9. The summed E-state index contributed by atoms with van der Waals surface area (Å²) in [5.74, 6) is -0.693. The number of nitrogens with zero attached hydrogens (tertiary/aromatic N) is 1. The Hall–Kier alpha value is -1.95. The van der Waals surface area contributed by atoms with Gasteiger partial charge in [-0.2, -0.15) is 0 Å². The van der Waals surface area contributed by atoms with E-state index in [2.05, 4.69) is 0 Å². The van der Waals surface area contributed by atoms with Crippen molar-refractivity contribution in [3.8, 4) is 5.75 Å². The molecule has 2 atom stereocenters. The smallest absolute Gasteiger partial charge is 0.408 e. The highest BCUT2D eigenvalue weighted by atomic mass is 35.5. The van der Waals surface area contributed by atoms with E-state index in [0.717, 1.165) is 4.90 Å². The molecule has 2 N–H and O–H groups in total. The Balaban J connectivity index is 1.95. The van der Waals surface area contributed by atoms with Crippen molar-refractivity contribution in [2.45, 2.75) is 12.5 Å². The molecular weight excluding hydrogens is 286 g/mol. The van der Waals surface area contributed by atoms with Crippen LogP contribution in [0.2, 0.25) is 5.02 Å². The van der Waals surface area contributed by atoms with Gasteiger partial charge in [0, 0.05) is 17.5 Å². The molecule has 1 saturated heterocycles. The zero-order valence-corrected chi connectivity index (χ0v) is 11.3. The Morgan fingerprint density at radius 3 is 2.70 bits per heavy atom. The number of amides is 1. The zero-order valence-electron chi connectivity index (χ0n) is 10.5. The van der Waals surface area contributed by atoms with E-state index in [1.54, 1.807) is 24.3 Å². The molecule has 0 radical (unpaired) electrons. The van der Waals surface area contributed by atoms with Crippen LogP contribution in [0.15, 0.2) is 24.3 Å². The molecular formula is C13H14ClNO5. The van der Waals surface area contributed by atoms with Crippen molar-refractivity contribution < 1.29 is 24.5 Å². The molecule has 0 aromatic heterocycles. The van der Waals surface area contributed by atoms with Gasteiger partial charge in [-0.15, -0.1) is 0 Å². The van der Waals surface area contributed by atoms with Gasteiger partial charge in [0.1, 0.15) is 11.8 Å². The van der Waals surface area contributed by atoms with Gasteiger partial charge in [0.25, 0.3) is 0 Å². The third-order valence-electron chi connectivity index (χ3n) is 3.20. The number of halogens is 1. The van der Waals surface area contributed by atoms with Gasteiger partial charge >= 0.3 is 12.1 Å². The second-order valence-electron chi connectivity index (χ2n) is 4.66. The zero-order chi connectivity index (χ0) is 14.7. The summed E-state index contributed by atoms with van der Waals surface area (Å²) in [6.45, 7) is 0.417. The summed E-state index contributed by atoms with van der Waals surface area (Å²) >= 11 is 5.83. The second-order valence-corrected chi connectivity index (χ2v) is 5.10. The van der Waals surface area contributed by atoms with E-state index in [9.17, 15) is 9.59 Å². The topological polar surface area (TPSA) is 87.1 Å². The second kappa shape index (κ2) is 6.00. The van der Waals surface area contributed by atoms with Gasteiger partial charge < -0.3 is 14.9 Å². The van der Waals surface area contributed by atoms with Crippen molar-refractivity contribution in [3.63, 3.8) is 0 Å². The van der Waals surface area contributed by atoms with Crippen LogP contribution in [0.3, 0.4) is 0 Å². The molecule has 0 bridgehead atoms. The van der Waals surface area contributed by atoms with Crippen molar-refractivity contribution in [2.75, 3.05) is 13.2 Å². The minimum absolute atomic E-state index is 0.147. The van der Waals surface area contributed by atoms with E-state index in [0.29, 0.717) is 10.8 Å². The average Bonchev–Trinajstić information content (AvgIpc) is 2.81. The number of rotatable bonds is 4. The minimum Gasteiger partial charge on any atom is -0.493 e.